The zero-order valence-corrected chi connectivity index (χ0v) is 12.2. The first-order valence-electron chi connectivity index (χ1n) is 5.85. The van der Waals surface area contributed by atoms with E-state index in [2.05, 4.69) is 15.0 Å². The van der Waals surface area contributed by atoms with Gasteiger partial charge in [0.25, 0.3) is 5.91 Å². The summed E-state index contributed by atoms with van der Waals surface area (Å²) in [6.45, 7) is 1.52. The molecule has 0 bridgehead atoms. The summed E-state index contributed by atoms with van der Waals surface area (Å²) in [6, 6.07) is 1.45. The normalized spacial score (nSPS) is 10.4. The van der Waals surface area contributed by atoms with E-state index in [9.17, 15) is 22.8 Å². The van der Waals surface area contributed by atoms with Crippen LogP contribution in [0.3, 0.4) is 0 Å². The molecule has 0 spiro atoms. The van der Waals surface area contributed by atoms with Crippen LogP contribution in [0.15, 0.2) is 12.1 Å². The largest absolute Gasteiger partial charge is 0.465 e. The first kappa shape index (κ1) is 16.0. The average molecular weight is 330 g/mol. The number of halogens is 3. The molecule has 0 saturated heterocycles. The van der Waals surface area contributed by atoms with Crippen LogP contribution in [0.1, 0.15) is 25.7 Å². The maximum atomic E-state index is 13.5. The third kappa shape index (κ3) is 2.93. The Morgan fingerprint density at radius 1 is 1.23 bits per heavy atom. The molecular formula is C13H9F3N2O3S. The summed E-state index contributed by atoms with van der Waals surface area (Å²) in [5.74, 6) is -6.37. The van der Waals surface area contributed by atoms with Crippen molar-refractivity contribution in [2.24, 2.45) is 0 Å². The van der Waals surface area contributed by atoms with Crippen LogP contribution < -0.4 is 5.32 Å². The molecule has 9 heteroatoms. The standard InChI is InChI=1S/C13H9F3N2O3S/c1-5-10(12(20)21-2)22-13(17-5)18-11(19)6-3-4-7(14)9(16)8(6)15/h3-4H,1-2H3,(H,17,18,19). The first-order valence-corrected chi connectivity index (χ1v) is 6.67. The predicted molar refractivity (Wildman–Crippen MR) is 72.5 cm³/mol. The van der Waals surface area contributed by atoms with Crippen molar-refractivity contribution < 1.29 is 27.5 Å². The number of methoxy groups -OCH3 is 1. The Morgan fingerprint density at radius 2 is 1.91 bits per heavy atom. The molecule has 0 aliphatic rings. The van der Waals surface area contributed by atoms with Crippen LogP contribution in [0.25, 0.3) is 0 Å². The van der Waals surface area contributed by atoms with Gasteiger partial charge in [-0.25, -0.2) is 22.9 Å². The van der Waals surface area contributed by atoms with Gasteiger partial charge in [0, 0.05) is 0 Å². The molecule has 1 aromatic heterocycles. The molecule has 1 aromatic carbocycles. The van der Waals surface area contributed by atoms with Gasteiger partial charge in [-0.3, -0.25) is 10.1 Å². The lowest BCUT2D eigenvalue weighted by atomic mass is 10.2. The molecule has 116 valence electrons. The molecule has 0 fully saturated rings. The predicted octanol–water partition coefficient (Wildman–Crippen LogP) is 2.91. The SMILES string of the molecule is COC(=O)c1sc(NC(=O)c2ccc(F)c(F)c2F)nc1C. The van der Waals surface area contributed by atoms with E-state index in [0.29, 0.717) is 11.8 Å². The molecule has 5 nitrogen and oxygen atoms in total. The average Bonchev–Trinajstić information content (AvgIpc) is 2.84. The molecule has 1 heterocycles. The number of ether oxygens (including phenoxy) is 1. The number of anilines is 1. The third-order valence-corrected chi connectivity index (χ3v) is 3.72. The van der Waals surface area contributed by atoms with Crippen LogP contribution in [0, 0.1) is 24.4 Å². The molecule has 1 N–H and O–H groups in total. The summed E-state index contributed by atoms with van der Waals surface area (Å²) in [7, 11) is 1.19. The quantitative estimate of drug-likeness (QED) is 0.694. The van der Waals surface area contributed by atoms with Crippen LogP contribution in [0.2, 0.25) is 0 Å². The number of hydrogen-bond donors (Lipinski definition) is 1. The minimum atomic E-state index is -1.74. The summed E-state index contributed by atoms with van der Waals surface area (Å²) in [6.07, 6.45) is 0. The molecule has 0 unspecified atom stereocenters. The van der Waals surface area contributed by atoms with Crippen molar-refractivity contribution in [3.63, 3.8) is 0 Å². The first-order chi connectivity index (χ1) is 10.3. The molecule has 0 aliphatic carbocycles. The number of rotatable bonds is 3. The van der Waals surface area contributed by atoms with E-state index in [1.165, 1.54) is 14.0 Å². The van der Waals surface area contributed by atoms with Crippen LogP contribution in [0.5, 0.6) is 0 Å². The van der Waals surface area contributed by atoms with Gasteiger partial charge in [-0.2, -0.15) is 0 Å². The van der Waals surface area contributed by atoms with Crippen molar-refractivity contribution >= 4 is 28.3 Å². The molecule has 1 amide bonds. The monoisotopic (exact) mass is 330 g/mol. The number of benzene rings is 1. The van der Waals surface area contributed by atoms with Gasteiger partial charge in [0.2, 0.25) is 0 Å². The van der Waals surface area contributed by atoms with Crippen LogP contribution >= 0.6 is 11.3 Å². The Kier molecular flexibility index (Phi) is 4.45. The number of hydrogen-bond acceptors (Lipinski definition) is 5. The number of amides is 1. The van der Waals surface area contributed by atoms with E-state index in [4.69, 9.17) is 0 Å². The number of aromatic nitrogens is 1. The minimum Gasteiger partial charge on any atom is -0.465 e. The lowest BCUT2D eigenvalue weighted by molar-refractivity contribution is 0.0605. The van der Waals surface area contributed by atoms with E-state index in [-0.39, 0.29) is 10.0 Å². The zero-order valence-electron chi connectivity index (χ0n) is 11.4. The highest BCUT2D eigenvalue weighted by Gasteiger charge is 2.21. The molecule has 0 atom stereocenters. The van der Waals surface area contributed by atoms with Crippen LogP contribution in [0.4, 0.5) is 18.3 Å². The molecule has 0 radical (unpaired) electrons. The second-order valence-electron chi connectivity index (χ2n) is 4.10. The van der Waals surface area contributed by atoms with Crippen molar-refractivity contribution in [2.75, 3.05) is 12.4 Å². The van der Waals surface area contributed by atoms with E-state index >= 15 is 0 Å². The Bertz CT molecular complexity index is 761. The molecule has 0 aliphatic heterocycles. The molecule has 22 heavy (non-hydrogen) atoms. The van der Waals surface area contributed by atoms with Crippen molar-refractivity contribution in [1.29, 1.82) is 0 Å². The van der Waals surface area contributed by atoms with Crippen molar-refractivity contribution in [3.8, 4) is 0 Å². The Labute approximate surface area is 126 Å². The molecule has 2 rings (SSSR count). The van der Waals surface area contributed by atoms with Gasteiger partial charge in [0.05, 0.1) is 18.4 Å². The topological polar surface area (TPSA) is 68.3 Å². The molecular weight excluding hydrogens is 321 g/mol. The van der Waals surface area contributed by atoms with E-state index in [0.717, 1.165) is 17.4 Å². The van der Waals surface area contributed by atoms with E-state index < -0.39 is 34.9 Å². The second kappa shape index (κ2) is 6.14. The number of carbonyl (C=O) groups is 2. The number of carbonyl (C=O) groups excluding carboxylic acids is 2. The summed E-state index contributed by atoms with van der Waals surface area (Å²) in [4.78, 5) is 27.4. The molecule has 2 aromatic rings. The van der Waals surface area contributed by atoms with E-state index in [1.54, 1.807) is 0 Å². The van der Waals surface area contributed by atoms with Gasteiger partial charge < -0.3 is 4.74 Å². The van der Waals surface area contributed by atoms with Gasteiger partial charge in [0.1, 0.15) is 4.88 Å². The number of thiazole rings is 1. The fourth-order valence-electron chi connectivity index (χ4n) is 1.60. The summed E-state index contributed by atoms with van der Waals surface area (Å²) in [5, 5.41) is 2.22. The van der Waals surface area contributed by atoms with Crippen molar-refractivity contribution in [1.82, 2.24) is 4.98 Å². The lowest BCUT2D eigenvalue weighted by Crippen LogP contribution is -2.15. The number of esters is 1. The summed E-state index contributed by atoms with van der Waals surface area (Å²) >= 11 is 0.821. The molecule has 0 saturated carbocycles. The highest BCUT2D eigenvalue weighted by atomic mass is 32.1. The van der Waals surface area contributed by atoms with Gasteiger partial charge in [-0.15, -0.1) is 0 Å². The smallest absolute Gasteiger partial charge is 0.350 e. The maximum Gasteiger partial charge on any atom is 0.350 e. The fraction of sp³-hybridized carbons (Fsp3) is 0.154. The summed E-state index contributed by atoms with van der Waals surface area (Å²) < 4.78 is 44.0. The Hall–Kier alpha value is -2.42. The summed E-state index contributed by atoms with van der Waals surface area (Å²) in [5.41, 5.74) is -0.357. The van der Waals surface area contributed by atoms with Gasteiger partial charge in [0.15, 0.2) is 22.6 Å². The van der Waals surface area contributed by atoms with Crippen molar-refractivity contribution in [2.45, 2.75) is 6.92 Å². The number of aryl methyl sites for hydroxylation is 1. The zero-order chi connectivity index (χ0) is 16.4. The minimum absolute atomic E-state index is 0.00651. The second-order valence-corrected chi connectivity index (χ2v) is 5.10. The number of nitrogens with zero attached hydrogens (tertiary/aromatic N) is 1. The van der Waals surface area contributed by atoms with Gasteiger partial charge >= 0.3 is 5.97 Å². The van der Waals surface area contributed by atoms with Gasteiger partial charge in [-0.1, -0.05) is 11.3 Å². The van der Waals surface area contributed by atoms with Gasteiger partial charge in [-0.05, 0) is 19.1 Å². The van der Waals surface area contributed by atoms with Crippen LogP contribution in [-0.2, 0) is 4.74 Å². The van der Waals surface area contributed by atoms with Crippen molar-refractivity contribution in [3.05, 3.63) is 45.7 Å². The highest BCUT2D eigenvalue weighted by Crippen LogP contribution is 2.24. The fourth-order valence-corrected chi connectivity index (χ4v) is 2.48. The lowest BCUT2D eigenvalue weighted by Gasteiger charge is -2.04. The van der Waals surface area contributed by atoms with E-state index in [1.807, 2.05) is 0 Å². The number of nitrogens with one attached hydrogen (secondary N) is 1. The Morgan fingerprint density at radius 3 is 2.55 bits per heavy atom. The third-order valence-electron chi connectivity index (χ3n) is 2.67. The highest BCUT2D eigenvalue weighted by molar-refractivity contribution is 7.17. The van der Waals surface area contributed by atoms with Crippen LogP contribution in [-0.4, -0.2) is 24.0 Å². The maximum absolute atomic E-state index is 13.5. The Balaban J connectivity index is 2.27.